The van der Waals surface area contributed by atoms with E-state index >= 15 is 0 Å². The second-order valence-electron chi connectivity index (χ2n) is 12.0. The van der Waals surface area contributed by atoms with Gasteiger partial charge in [0.05, 0.1) is 30.4 Å². The van der Waals surface area contributed by atoms with Crippen LogP contribution in [0.15, 0.2) is 44.4 Å². The molecule has 3 amide bonds. The predicted octanol–water partition coefficient (Wildman–Crippen LogP) is 5.11. The molecule has 2 aromatic heterocycles. The number of aliphatic hydroxyl groups is 1. The minimum Gasteiger partial charge on any atom is -0.490 e. The van der Waals surface area contributed by atoms with Gasteiger partial charge in [-0.15, -0.1) is 11.3 Å². The van der Waals surface area contributed by atoms with Gasteiger partial charge in [0, 0.05) is 38.3 Å². The molecule has 4 atom stereocenters. The summed E-state index contributed by atoms with van der Waals surface area (Å²) in [4.78, 5) is 28.8. The summed E-state index contributed by atoms with van der Waals surface area (Å²) in [5.74, 6) is 0.0847. The van der Waals surface area contributed by atoms with Gasteiger partial charge in [0.15, 0.2) is 5.76 Å². The van der Waals surface area contributed by atoms with Crippen LogP contribution in [-0.4, -0.2) is 91.4 Å². The molecule has 0 aliphatic carbocycles. The van der Waals surface area contributed by atoms with Gasteiger partial charge in [-0.1, -0.05) is 18.1 Å². The van der Waals surface area contributed by atoms with Gasteiger partial charge in [0.25, 0.3) is 15.9 Å². The Hall–Kier alpha value is -3.50. The summed E-state index contributed by atoms with van der Waals surface area (Å²) in [7, 11) is -2.19. The highest BCUT2D eigenvalue weighted by molar-refractivity contribution is 7.91. The normalized spacial score (nSPS) is 20.6. The number of thiophene rings is 1. The van der Waals surface area contributed by atoms with Gasteiger partial charge in [-0.2, -0.15) is 4.31 Å². The molecule has 15 heteroatoms. The standard InChI is InChI=1S/C32H45N5O8S2/c1-20-17-37(21(2)19-38)31(39)26-16-25(33-32(40)34-30-23(4)35-45-24(30)5)12-13-27(26)44-22(3)10-7-8-14-43-28(20)18-36(6)47(41,42)29-11-9-15-46-29/h9,11-13,15-16,20-22,28,38H,7-8,10,14,17-19H2,1-6H3,(H2,33,34,40)/t20-,21+,22-,28+/m1/s1. The highest BCUT2D eigenvalue weighted by Gasteiger charge is 2.32. The Morgan fingerprint density at radius 3 is 2.64 bits per heavy atom. The molecule has 0 saturated heterocycles. The Bertz CT molecular complexity index is 1590. The predicted molar refractivity (Wildman–Crippen MR) is 180 cm³/mol. The van der Waals surface area contributed by atoms with Gasteiger partial charge in [-0.25, -0.2) is 13.2 Å². The highest BCUT2D eigenvalue weighted by Crippen LogP contribution is 2.29. The molecular formula is C32H45N5O8S2. The van der Waals surface area contributed by atoms with Crippen molar-refractivity contribution in [2.75, 3.05) is 44.0 Å². The molecule has 3 N–H and O–H groups in total. The van der Waals surface area contributed by atoms with Crippen LogP contribution < -0.4 is 15.4 Å². The minimum absolute atomic E-state index is 0.0847. The summed E-state index contributed by atoms with van der Waals surface area (Å²) in [5, 5.41) is 21.3. The van der Waals surface area contributed by atoms with Crippen molar-refractivity contribution in [2.45, 2.75) is 76.3 Å². The summed E-state index contributed by atoms with van der Waals surface area (Å²) in [6.45, 7) is 9.33. The van der Waals surface area contributed by atoms with Crippen LogP contribution in [0.3, 0.4) is 0 Å². The fourth-order valence-electron chi connectivity index (χ4n) is 5.32. The van der Waals surface area contributed by atoms with Crippen LogP contribution in [0.2, 0.25) is 0 Å². The lowest BCUT2D eigenvalue weighted by Crippen LogP contribution is -2.48. The molecule has 1 aliphatic rings. The van der Waals surface area contributed by atoms with Crippen molar-refractivity contribution in [2.24, 2.45) is 5.92 Å². The molecular weight excluding hydrogens is 647 g/mol. The quantitative estimate of drug-likeness (QED) is 0.291. The number of likely N-dealkylation sites (N-methyl/N-ethyl adjacent to an activating group) is 1. The van der Waals surface area contributed by atoms with Gasteiger partial charge in [-0.3, -0.25) is 4.79 Å². The van der Waals surface area contributed by atoms with E-state index < -0.39 is 34.1 Å². The second-order valence-corrected chi connectivity index (χ2v) is 15.2. The van der Waals surface area contributed by atoms with Crippen molar-refractivity contribution >= 4 is 44.7 Å². The molecule has 4 rings (SSSR count). The van der Waals surface area contributed by atoms with Crippen LogP contribution in [-0.2, 0) is 14.8 Å². The molecule has 258 valence electrons. The SMILES string of the molecule is Cc1noc(C)c1NC(=O)Nc1ccc2c(c1)C(=O)N([C@@H](C)CO)C[C@@H](C)[C@H](CN(C)S(=O)(=O)c1cccs1)OCCCC[C@@H](C)O2. The Balaban J connectivity index is 1.63. The largest absolute Gasteiger partial charge is 0.490 e. The number of benzene rings is 1. The van der Waals surface area contributed by atoms with Crippen LogP contribution in [0.5, 0.6) is 5.75 Å². The van der Waals surface area contributed by atoms with E-state index in [-0.39, 0.29) is 41.5 Å². The highest BCUT2D eigenvalue weighted by atomic mass is 32.2. The summed E-state index contributed by atoms with van der Waals surface area (Å²) in [6.07, 6.45) is 1.47. The number of carbonyl (C=O) groups excluding carboxylic acids is 2. The zero-order chi connectivity index (χ0) is 34.3. The zero-order valence-electron chi connectivity index (χ0n) is 27.7. The number of urea groups is 1. The number of nitrogens with zero attached hydrogens (tertiary/aromatic N) is 3. The van der Waals surface area contributed by atoms with E-state index in [0.717, 1.165) is 24.2 Å². The Morgan fingerprint density at radius 1 is 1.21 bits per heavy atom. The molecule has 0 saturated carbocycles. The van der Waals surface area contributed by atoms with Crippen molar-refractivity contribution in [3.63, 3.8) is 0 Å². The lowest BCUT2D eigenvalue weighted by molar-refractivity contribution is -0.00832. The number of hydrogen-bond donors (Lipinski definition) is 3. The number of rotatable bonds is 8. The second kappa shape index (κ2) is 16.1. The van der Waals surface area contributed by atoms with E-state index in [9.17, 15) is 23.1 Å². The molecule has 0 radical (unpaired) electrons. The number of aryl methyl sites for hydroxylation is 2. The molecule has 1 aromatic carbocycles. The molecule has 1 aliphatic heterocycles. The van der Waals surface area contributed by atoms with E-state index in [1.165, 1.54) is 11.4 Å². The molecule has 0 spiro atoms. The van der Waals surface area contributed by atoms with Crippen LogP contribution in [0.4, 0.5) is 16.2 Å². The van der Waals surface area contributed by atoms with Gasteiger partial charge in [0.2, 0.25) is 0 Å². The average Bonchev–Trinajstić information content (AvgIpc) is 3.69. The number of anilines is 2. The third-order valence-electron chi connectivity index (χ3n) is 8.18. The number of amides is 3. The number of aromatic nitrogens is 1. The summed E-state index contributed by atoms with van der Waals surface area (Å²) < 4.78 is 45.7. The van der Waals surface area contributed by atoms with Crippen molar-refractivity contribution in [3.05, 3.63) is 52.7 Å². The lowest BCUT2D eigenvalue weighted by Gasteiger charge is -2.35. The Morgan fingerprint density at radius 2 is 1.98 bits per heavy atom. The van der Waals surface area contributed by atoms with Crippen LogP contribution >= 0.6 is 11.3 Å². The van der Waals surface area contributed by atoms with Crippen LogP contribution in [0.25, 0.3) is 0 Å². The van der Waals surface area contributed by atoms with Crippen molar-refractivity contribution in [1.82, 2.24) is 14.4 Å². The number of carbonyl (C=O) groups is 2. The first kappa shape index (κ1) is 36.3. The monoisotopic (exact) mass is 691 g/mol. The Kier molecular flexibility index (Phi) is 12.4. The van der Waals surface area contributed by atoms with Gasteiger partial charge < -0.3 is 34.6 Å². The third kappa shape index (κ3) is 9.11. The Labute approximate surface area is 280 Å². The summed E-state index contributed by atoms with van der Waals surface area (Å²) >= 11 is 1.15. The van der Waals surface area contributed by atoms with Crippen molar-refractivity contribution in [3.8, 4) is 5.75 Å². The smallest absolute Gasteiger partial charge is 0.323 e. The number of ether oxygens (including phenoxy) is 2. The molecule has 0 bridgehead atoms. The van der Waals surface area contributed by atoms with Crippen molar-refractivity contribution in [1.29, 1.82) is 0 Å². The fraction of sp³-hybridized carbons (Fsp3) is 0.531. The van der Waals surface area contributed by atoms with Crippen molar-refractivity contribution < 1.29 is 37.1 Å². The maximum atomic E-state index is 14.3. The number of fused-ring (bicyclic) bond motifs is 1. The van der Waals surface area contributed by atoms with E-state index in [1.807, 2.05) is 13.8 Å². The molecule has 13 nitrogen and oxygen atoms in total. The summed E-state index contributed by atoms with van der Waals surface area (Å²) in [5.41, 5.74) is 1.55. The molecule has 3 heterocycles. The number of sulfonamides is 1. The lowest BCUT2D eigenvalue weighted by atomic mass is 10.0. The van der Waals surface area contributed by atoms with Crippen LogP contribution in [0, 0.1) is 19.8 Å². The van der Waals surface area contributed by atoms with E-state index in [4.69, 9.17) is 14.0 Å². The maximum absolute atomic E-state index is 14.3. The molecule has 0 unspecified atom stereocenters. The topological polar surface area (TPSA) is 164 Å². The fourth-order valence-corrected chi connectivity index (χ4v) is 7.70. The average molecular weight is 692 g/mol. The van der Waals surface area contributed by atoms with Crippen LogP contribution in [0.1, 0.15) is 61.8 Å². The van der Waals surface area contributed by atoms with Gasteiger partial charge in [-0.05, 0) is 76.6 Å². The molecule has 3 aromatic rings. The molecule has 47 heavy (non-hydrogen) atoms. The summed E-state index contributed by atoms with van der Waals surface area (Å²) in [6, 6.07) is 7.00. The number of nitrogens with one attached hydrogen (secondary N) is 2. The minimum atomic E-state index is -3.72. The zero-order valence-corrected chi connectivity index (χ0v) is 29.3. The first-order valence-electron chi connectivity index (χ1n) is 15.7. The van der Waals surface area contributed by atoms with Gasteiger partial charge >= 0.3 is 6.03 Å². The van der Waals surface area contributed by atoms with E-state index in [2.05, 4.69) is 15.8 Å². The van der Waals surface area contributed by atoms with E-state index in [1.54, 1.807) is 61.4 Å². The number of hydrogen-bond acceptors (Lipinski definition) is 10. The number of aliphatic hydroxyl groups excluding tert-OH is 1. The van der Waals surface area contributed by atoms with E-state index in [0.29, 0.717) is 41.6 Å². The third-order valence-corrected chi connectivity index (χ3v) is 11.4. The first-order chi connectivity index (χ1) is 22.3. The molecule has 0 fully saturated rings. The first-order valence-corrected chi connectivity index (χ1v) is 18.0. The maximum Gasteiger partial charge on any atom is 0.323 e. The van der Waals surface area contributed by atoms with Gasteiger partial charge in [0.1, 0.15) is 21.3 Å².